The van der Waals surface area contributed by atoms with Crippen molar-refractivity contribution in [2.75, 3.05) is 52.9 Å². The Balaban J connectivity index is 3.22. The molecule has 0 aromatic rings. The third-order valence-electron chi connectivity index (χ3n) is 2.50. The number of hydrogen-bond acceptors (Lipinski definition) is 6. The maximum atomic E-state index is 11.4. The molecule has 0 aliphatic carbocycles. The molecule has 6 nitrogen and oxygen atoms in total. The van der Waals surface area contributed by atoms with Crippen LogP contribution in [0.1, 0.15) is 40.5 Å². The number of ether oxygens (including phenoxy) is 5. The number of carbonyl (C=O) groups excluding carboxylic acids is 1. The fourth-order valence-electron chi connectivity index (χ4n) is 1.47. The van der Waals surface area contributed by atoms with Crippen molar-refractivity contribution in [3.05, 3.63) is 0 Å². The summed E-state index contributed by atoms with van der Waals surface area (Å²) >= 11 is 0. The van der Waals surface area contributed by atoms with Gasteiger partial charge in [0.25, 0.3) is 0 Å². The Morgan fingerprint density at radius 3 is 1.91 bits per heavy atom. The predicted molar refractivity (Wildman–Crippen MR) is 84.0 cm³/mol. The molecule has 0 saturated carbocycles. The Hall–Kier alpha value is -0.690. The maximum absolute atomic E-state index is 11.4. The Morgan fingerprint density at radius 2 is 1.36 bits per heavy atom. The lowest BCUT2D eigenvalue weighted by molar-refractivity contribution is -0.146. The monoisotopic (exact) mass is 320 g/mol. The highest BCUT2D eigenvalue weighted by Crippen LogP contribution is 2.07. The van der Waals surface area contributed by atoms with Crippen LogP contribution in [0.25, 0.3) is 0 Å². The summed E-state index contributed by atoms with van der Waals surface area (Å²) in [6, 6.07) is 0. The second-order valence-electron chi connectivity index (χ2n) is 5.71. The van der Waals surface area contributed by atoms with Crippen LogP contribution in [0.4, 0.5) is 0 Å². The zero-order valence-corrected chi connectivity index (χ0v) is 14.5. The first-order valence-electron chi connectivity index (χ1n) is 7.98. The average molecular weight is 320 g/mol. The van der Waals surface area contributed by atoms with Gasteiger partial charge in [0, 0.05) is 19.6 Å². The van der Waals surface area contributed by atoms with Crippen LogP contribution in [0.3, 0.4) is 0 Å². The van der Waals surface area contributed by atoms with Crippen molar-refractivity contribution in [2.45, 2.75) is 46.1 Å². The molecule has 0 bridgehead atoms. The molecule has 0 saturated heterocycles. The van der Waals surface area contributed by atoms with Crippen molar-refractivity contribution in [1.82, 2.24) is 0 Å². The van der Waals surface area contributed by atoms with Crippen molar-refractivity contribution in [3.63, 3.8) is 0 Å². The predicted octanol–water partition coefficient (Wildman–Crippen LogP) is 2.19. The van der Waals surface area contributed by atoms with Crippen molar-refractivity contribution in [2.24, 2.45) is 0 Å². The summed E-state index contributed by atoms with van der Waals surface area (Å²) < 4.78 is 26.3. The average Bonchev–Trinajstić information content (AvgIpc) is 2.44. The van der Waals surface area contributed by atoms with Gasteiger partial charge in [-0.1, -0.05) is 0 Å². The topological polar surface area (TPSA) is 63.2 Å². The summed E-state index contributed by atoms with van der Waals surface area (Å²) in [5, 5.41) is 0. The second-order valence-corrected chi connectivity index (χ2v) is 5.71. The minimum atomic E-state index is -0.214. The molecule has 0 aromatic heterocycles. The summed E-state index contributed by atoms with van der Waals surface area (Å²) in [6.07, 6.45) is 1.04. The lowest BCUT2D eigenvalue weighted by atomic mass is 10.2. The Labute approximate surface area is 134 Å². The number of carbonyl (C=O) groups is 1. The summed E-state index contributed by atoms with van der Waals surface area (Å²) in [5.74, 6) is -0.214. The first kappa shape index (κ1) is 21.3. The van der Waals surface area contributed by atoms with E-state index in [0.717, 1.165) is 0 Å². The third-order valence-corrected chi connectivity index (χ3v) is 2.50. The van der Waals surface area contributed by atoms with Gasteiger partial charge in [-0.15, -0.1) is 0 Å². The highest BCUT2D eigenvalue weighted by atomic mass is 16.6. The summed E-state index contributed by atoms with van der Waals surface area (Å²) in [4.78, 5) is 11.4. The zero-order chi connectivity index (χ0) is 16.7. The van der Waals surface area contributed by atoms with E-state index < -0.39 is 0 Å². The van der Waals surface area contributed by atoms with Gasteiger partial charge in [-0.25, -0.2) is 0 Å². The van der Waals surface area contributed by atoms with Crippen LogP contribution in [0, 0.1) is 0 Å². The van der Waals surface area contributed by atoms with Crippen molar-refractivity contribution in [3.8, 4) is 0 Å². The zero-order valence-electron chi connectivity index (χ0n) is 14.5. The lowest BCUT2D eigenvalue weighted by Crippen LogP contribution is -2.20. The molecule has 0 atom stereocenters. The van der Waals surface area contributed by atoms with Crippen molar-refractivity contribution >= 4 is 5.97 Å². The molecule has 0 aliphatic rings. The molecule has 0 rings (SSSR count). The van der Waals surface area contributed by atoms with Crippen LogP contribution in [-0.4, -0.2) is 64.4 Å². The highest BCUT2D eigenvalue weighted by Gasteiger charge is 2.10. The van der Waals surface area contributed by atoms with Crippen LogP contribution in [0.15, 0.2) is 0 Å². The minimum absolute atomic E-state index is 0.164. The maximum Gasteiger partial charge on any atom is 0.305 e. The van der Waals surface area contributed by atoms with E-state index >= 15 is 0 Å². The molecular formula is C16H32O6. The second kappa shape index (κ2) is 13.9. The molecule has 0 radical (unpaired) electrons. The molecule has 0 heterocycles. The van der Waals surface area contributed by atoms with Crippen molar-refractivity contribution in [1.29, 1.82) is 0 Å². The summed E-state index contributed by atoms with van der Waals surface area (Å²) in [7, 11) is 0. The number of hydrogen-bond donors (Lipinski definition) is 0. The standard InChI is InChI=1S/C16H32O6/c1-5-18-9-10-19-11-12-20-13-14-21-15(17)7-6-8-22-16(2,3)4/h5-14H2,1-4H3. The van der Waals surface area contributed by atoms with E-state index in [9.17, 15) is 4.79 Å². The van der Waals surface area contributed by atoms with Gasteiger partial charge < -0.3 is 23.7 Å². The molecule has 132 valence electrons. The van der Waals surface area contributed by atoms with Gasteiger partial charge in [0.2, 0.25) is 0 Å². The van der Waals surface area contributed by atoms with Gasteiger partial charge in [0.1, 0.15) is 6.61 Å². The van der Waals surface area contributed by atoms with E-state index in [1.54, 1.807) is 0 Å². The van der Waals surface area contributed by atoms with Gasteiger partial charge in [-0.2, -0.15) is 0 Å². The van der Waals surface area contributed by atoms with Crippen LogP contribution in [0.2, 0.25) is 0 Å². The van der Waals surface area contributed by atoms with Gasteiger partial charge in [0.05, 0.1) is 38.6 Å². The molecule has 0 spiro atoms. The summed E-state index contributed by atoms with van der Waals surface area (Å²) in [6.45, 7) is 12.0. The van der Waals surface area contributed by atoms with E-state index in [0.29, 0.717) is 59.1 Å². The fourth-order valence-corrected chi connectivity index (χ4v) is 1.47. The molecular weight excluding hydrogens is 288 g/mol. The van der Waals surface area contributed by atoms with Crippen LogP contribution >= 0.6 is 0 Å². The van der Waals surface area contributed by atoms with Crippen LogP contribution in [-0.2, 0) is 28.5 Å². The summed E-state index contributed by atoms with van der Waals surface area (Å²) in [5.41, 5.74) is -0.164. The smallest absolute Gasteiger partial charge is 0.305 e. The quantitative estimate of drug-likeness (QED) is 0.361. The van der Waals surface area contributed by atoms with E-state index in [-0.39, 0.29) is 18.2 Å². The van der Waals surface area contributed by atoms with Gasteiger partial charge in [-0.05, 0) is 34.1 Å². The molecule has 6 heteroatoms. The Bertz CT molecular complexity index is 262. The molecule has 0 unspecified atom stereocenters. The SMILES string of the molecule is CCOCCOCCOCCOC(=O)CCCOC(C)(C)C. The minimum Gasteiger partial charge on any atom is -0.463 e. The molecule has 0 fully saturated rings. The molecule has 0 aliphatic heterocycles. The number of rotatable bonds is 14. The van der Waals surface area contributed by atoms with Gasteiger partial charge >= 0.3 is 5.97 Å². The largest absolute Gasteiger partial charge is 0.463 e. The fraction of sp³-hybridized carbons (Fsp3) is 0.938. The Kier molecular flexibility index (Phi) is 13.5. The molecule has 0 N–H and O–H groups in total. The lowest BCUT2D eigenvalue weighted by Gasteiger charge is -2.19. The van der Waals surface area contributed by atoms with E-state index in [1.807, 2.05) is 27.7 Å². The van der Waals surface area contributed by atoms with E-state index in [4.69, 9.17) is 23.7 Å². The van der Waals surface area contributed by atoms with Gasteiger partial charge in [0.15, 0.2) is 0 Å². The highest BCUT2D eigenvalue weighted by molar-refractivity contribution is 5.69. The number of esters is 1. The van der Waals surface area contributed by atoms with E-state index in [2.05, 4.69) is 0 Å². The van der Waals surface area contributed by atoms with E-state index in [1.165, 1.54) is 0 Å². The van der Waals surface area contributed by atoms with Crippen LogP contribution < -0.4 is 0 Å². The van der Waals surface area contributed by atoms with Gasteiger partial charge in [-0.3, -0.25) is 4.79 Å². The molecule has 0 aromatic carbocycles. The first-order valence-corrected chi connectivity index (χ1v) is 7.98. The van der Waals surface area contributed by atoms with Crippen molar-refractivity contribution < 1.29 is 28.5 Å². The van der Waals surface area contributed by atoms with Crippen LogP contribution in [0.5, 0.6) is 0 Å². The third kappa shape index (κ3) is 17.4. The first-order chi connectivity index (χ1) is 10.5. The molecule has 22 heavy (non-hydrogen) atoms. The normalized spacial score (nSPS) is 11.6. The Morgan fingerprint density at radius 1 is 0.818 bits per heavy atom. The molecule has 0 amide bonds.